The number of esters is 1. The molecular formula is C20H27N3O5S. The summed E-state index contributed by atoms with van der Waals surface area (Å²) in [5.41, 5.74) is 1.73. The van der Waals surface area contributed by atoms with Crippen molar-refractivity contribution in [2.75, 3.05) is 23.4 Å². The topological polar surface area (TPSA) is 114 Å². The van der Waals surface area contributed by atoms with Gasteiger partial charge in [0, 0.05) is 11.7 Å². The van der Waals surface area contributed by atoms with Gasteiger partial charge in [-0.15, -0.1) is 11.8 Å². The lowest BCUT2D eigenvalue weighted by Gasteiger charge is -2.22. The maximum Gasteiger partial charge on any atom is 0.321 e. The van der Waals surface area contributed by atoms with Gasteiger partial charge in [-0.05, 0) is 37.5 Å². The van der Waals surface area contributed by atoms with Gasteiger partial charge in [0.15, 0.2) is 6.61 Å². The number of rotatable bonds is 8. The summed E-state index contributed by atoms with van der Waals surface area (Å²) in [7, 11) is 0. The van der Waals surface area contributed by atoms with Crippen molar-refractivity contribution in [3.63, 3.8) is 0 Å². The van der Waals surface area contributed by atoms with Crippen LogP contribution in [0.1, 0.15) is 37.7 Å². The van der Waals surface area contributed by atoms with Crippen LogP contribution < -0.4 is 16.0 Å². The first kappa shape index (κ1) is 22.7. The molecule has 158 valence electrons. The Morgan fingerprint density at radius 2 is 1.83 bits per heavy atom. The Hall–Kier alpha value is -2.55. The van der Waals surface area contributed by atoms with Crippen molar-refractivity contribution in [3.8, 4) is 0 Å². The van der Waals surface area contributed by atoms with E-state index in [1.807, 2.05) is 25.1 Å². The molecule has 0 aliphatic heterocycles. The second-order valence-electron chi connectivity index (χ2n) is 6.93. The molecule has 9 heteroatoms. The van der Waals surface area contributed by atoms with E-state index < -0.39 is 24.5 Å². The zero-order chi connectivity index (χ0) is 21.1. The van der Waals surface area contributed by atoms with Crippen molar-refractivity contribution in [2.45, 2.75) is 45.1 Å². The molecule has 1 saturated carbocycles. The lowest BCUT2D eigenvalue weighted by molar-refractivity contribution is -0.145. The van der Waals surface area contributed by atoms with E-state index in [2.05, 4.69) is 16.0 Å². The number of hydrogen-bond acceptors (Lipinski definition) is 6. The quantitative estimate of drug-likeness (QED) is 0.556. The molecule has 0 heterocycles. The summed E-state index contributed by atoms with van der Waals surface area (Å²) < 4.78 is 4.83. The number of ether oxygens (including phenoxy) is 1. The van der Waals surface area contributed by atoms with E-state index in [0.29, 0.717) is 5.69 Å². The molecule has 0 unspecified atom stereocenters. The van der Waals surface area contributed by atoms with E-state index in [4.69, 9.17) is 4.74 Å². The maximum atomic E-state index is 11.9. The second-order valence-corrected chi connectivity index (χ2v) is 7.91. The van der Waals surface area contributed by atoms with Gasteiger partial charge in [0.25, 0.3) is 5.91 Å². The van der Waals surface area contributed by atoms with Gasteiger partial charge in [-0.2, -0.15) is 0 Å². The Kier molecular flexibility index (Phi) is 9.49. The van der Waals surface area contributed by atoms with Crippen LogP contribution in [-0.2, 0) is 19.1 Å². The Balaban J connectivity index is 1.55. The molecule has 1 aliphatic rings. The minimum atomic E-state index is -0.686. The van der Waals surface area contributed by atoms with Crippen LogP contribution in [0, 0.1) is 6.92 Å². The third-order valence-electron chi connectivity index (χ3n) is 4.31. The third kappa shape index (κ3) is 9.47. The van der Waals surface area contributed by atoms with Crippen LogP contribution >= 0.6 is 11.8 Å². The minimum Gasteiger partial charge on any atom is -0.455 e. The number of benzene rings is 1. The van der Waals surface area contributed by atoms with Crippen molar-refractivity contribution in [3.05, 3.63) is 29.8 Å². The smallest absolute Gasteiger partial charge is 0.321 e. The van der Waals surface area contributed by atoms with Crippen molar-refractivity contribution < 1.29 is 23.9 Å². The first-order valence-corrected chi connectivity index (χ1v) is 10.8. The number of thioether (sulfide) groups is 1. The largest absolute Gasteiger partial charge is 0.455 e. The molecule has 8 nitrogen and oxygen atoms in total. The van der Waals surface area contributed by atoms with E-state index in [1.165, 1.54) is 6.42 Å². The maximum absolute atomic E-state index is 11.9. The fourth-order valence-corrected chi connectivity index (χ4v) is 3.58. The van der Waals surface area contributed by atoms with Crippen molar-refractivity contribution in [2.24, 2.45) is 0 Å². The molecule has 0 radical (unpaired) electrons. The lowest BCUT2D eigenvalue weighted by Crippen LogP contribution is -2.46. The molecule has 0 bridgehead atoms. The molecule has 0 spiro atoms. The number of imide groups is 1. The first-order chi connectivity index (χ1) is 13.9. The van der Waals surface area contributed by atoms with Gasteiger partial charge in [-0.1, -0.05) is 31.4 Å². The highest BCUT2D eigenvalue weighted by Crippen LogP contribution is 2.17. The molecule has 3 N–H and O–H groups in total. The predicted molar refractivity (Wildman–Crippen MR) is 112 cm³/mol. The molecule has 1 fully saturated rings. The van der Waals surface area contributed by atoms with Gasteiger partial charge in [0.05, 0.1) is 11.5 Å². The normalized spacial score (nSPS) is 14.0. The number of carbonyl (C=O) groups excluding carboxylic acids is 4. The number of amides is 4. The number of aryl methyl sites for hydroxylation is 1. The van der Waals surface area contributed by atoms with E-state index in [9.17, 15) is 19.2 Å². The van der Waals surface area contributed by atoms with Gasteiger partial charge in [0.2, 0.25) is 5.91 Å². The number of anilines is 1. The van der Waals surface area contributed by atoms with Crippen molar-refractivity contribution in [1.29, 1.82) is 0 Å². The average molecular weight is 422 g/mol. The van der Waals surface area contributed by atoms with Gasteiger partial charge < -0.3 is 15.4 Å². The molecular weight excluding hydrogens is 394 g/mol. The van der Waals surface area contributed by atoms with Gasteiger partial charge >= 0.3 is 12.0 Å². The number of hydrogen-bond donors (Lipinski definition) is 3. The van der Waals surface area contributed by atoms with Crippen LogP contribution in [0.15, 0.2) is 24.3 Å². The monoisotopic (exact) mass is 421 g/mol. The molecule has 2 rings (SSSR count). The molecule has 29 heavy (non-hydrogen) atoms. The minimum absolute atomic E-state index is 0.0667. The van der Waals surface area contributed by atoms with Gasteiger partial charge in [-0.25, -0.2) is 4.79 Å². The zero-order valence-corrected chi connectivity index (χ0v) is 17.3. The summed E-state index contributed by atoms with van der Waals surface area (Å²) in [6.45, 7) is 1.39. The standard InChI is InChI=1S/C20H27N3O5S/c1-14-6-5-9-16(10-14)21-18(25)12-29-13-19(26)28-11-17(24)23-20(27)22-15-7-3-2-4-8-15/h5-6,9-10,15H,2-4,7-8,11-13H2,1H3,(H,21,25)(H2,22,23,24,27). The second kappa shape index (κ2) is 12.1. The van der Waals surface area contributed by atoms with Crippen LogP contribution in [0.4, 0.5) is 10.5 Å². The number of urea groups is 1. The molecule has 0 aromatic heterocycles. The SMILES string of the molecule is Cc1cccc(NC(=O)CSCC(=O)OCC(=O)NC(=O)NC2CCCCC2)c1. The van der Waals surface area contributed by atoms with Crippen LogP contribution in [0.3, 0.4) is 0 Å². The summed E-state index contributed by atoms with van der Waals surface area (Å²) in [6.07, 6.45) is 5.12. The fraction of sp³-hybridized carbons (Fsp3) is 0.500. The summed E-state index contributed by atoms with van der Waals surface area (Å²) >= 11 is 1.08. The van der Waals surface area contributed by atoms with Crippen molar-refractivity contribution in [1.82, 2.24) is 10.6 Å². The first-order valence-electron chi connectivity index (χ1n) is 9.62. The van der Waals surface area contributed by atoms with Crippen LogP contribution in [-0.4, -0.2) is 48.0 Å². The molecule has 4 amide bonds. The molecule has 0 saturated heterocycles. The Morgan fingerprint density at radius 3 is 2.55 bits per heavy atom. The fourth-order valence-electron chi connectivity index (χ4n) is 2.97. The zero-order valence-electron chi connectivity index (χ0n) is 16.5. The van der Waals surface area contributed by atoms with Crippen LogP contribution in [0.2, 0.25) is 0 Å². The summed E-state index contributed by atoms with van der Waals surface area (Å²) in [4.78, 5) is 47.0. The molecule has 1 aliphatic carbocycles. The Bertz CT molecular complexity index is 735. The van der Waals surface area contributed by atoms with Crippen LogP contribution in [0.25, 0.3) is 0 Å². The van der Waals surface area contributed by atoms with E-state index in [1.54, 1.807) is 6.07 Å². The molecule has 1 aromatic carbocycles. The average Bonchev–Trinajstić information content (AvgIpc) is 2.67. The number of nitrogens with one attached hydrogen (secondary N) is 3. The highest BCUT2D eigenvalue weighted by molar-refractivity contribution is 8.00. The molecule has 0 atom stereocenters. The Morgan fingerprint density at radius 1 is 1.07 bits per heavy atom. The number of carbonyl (C=O) groups is 4. The van der Waals surface area contributed by atoms with Crippen molar-refractivity contribution >= 4 is 41.3 Å². The predicted octanol–water partition coefficient (Wildman–Crippen LogP) is 2.37. The highest BCUT2D eigenvalue weighted by Gasteiger charge is 2.17. The highest BCUT2D eigenvalue weighted by atomic mass is 32.2. The van der Waals surface area contributed by atoms with Crippen LogP contribution in [0.5, 0.6) is 0 Å². The molecule has 1 aromatic rings. The third-order valence-corrected chi connectivity index (χ3v) is 5.22. The Labute approximate surface area is 174 Å². The van der Waals surface area contributed by atoms with E-state index in [0.717, 1.165) is 43.0 Å². The van der Waals surface area contributed by atoms with Gasteiger partial charge in [-0.3, -0.25) is 19.7 Å². The van der Waals surface area contributed by atoms with Gasteiger partial charge in [0.1, 0.15) is 0 Å². The summed E-state index contributed by atoms with van der Waals surface area (Å²) in [5.74, 6) is -1.53. The summed E-state index contributed by atoms with van der Waals surface area (Å²) in [5, 5.41) is 7.64. The van der Waals surface area contributed by atoms with E-state index in [-0.39, 0.29) is 23.5 Å². The van der Waals surface area contributed by atoms with E-state index >= 15 is 0 Å². The lowest BCUT2D eigenvalue weighted by atomic mass is 9.96. The summed E-state index contributed by atoms with van der Waals surface area (Å²) in [6, 6.07) is 6.92.